The summed E-state index contributed by atoms with van der Waals surface area (Å²) in [5.74, 6) is -1.44. The highest BCUT2D eigenvalue weighted by Gasteiger charge is 2.09. The third kappa shape index (κ3) is 4.52. The van der Waals surface area contributed by atoms with Gasteiger partial charge in [0.15, 0.2) is 6.54 Å². The molecule has 0 heterocycles. The fourth-order valence-corrected chi connectivity index (χ4v) is 1.45. The summed E-state index contributed by atoms with van der Waals surface area (Å²) in [6, 6.07) is 5.75. The molecule has 1 rings (SSSR count). The number of aliphatic hydroxyl groups excluding tert-OH is 1. The van der Waals surface area contributed by atoms with E-state index in [0.29, 0.717) is 12.2 Å². The lowest BCUT2D eigenvalue weighted by atomic mass is 10.2. The van der Waals surface area contributed by atoms with Gasteiger partial charge in [0.2, 0.25) is 0 Å². The second kappa shape index (κ2) is 6.73. The van der Waals surface area contributed by atoms with Crippen LogP contribution in [0.2, 0.25) is 0 Å². The molecule has 6 nitrogen and oxygen atoms in total. The summed E-state index contributed by atoms with van der Waals surface area (Å²) in [6.07, 6.45) is 0. The Hall–Kier alpha value is -1.92. The monoisotopic (exact) mass is 252 g/mol. The first kappa shape index (κ1) is 14.1. The molecule has 0 saturated heterocycles. The summed E-state index contributed by atoms with van der Waals surface area (Å²) in [6.45, 7) is 0.763. The van der Waals surface area contributed by atoms with Crippen molar-refractivity contribution in [2.75, 3.05) is 32.1 Å². The molecule has 1 amide bonds. The summed E-state index contributed by atoms with van der Waals surface area (Å²) in [4.78, 5) is 23.0. The number of anilines is 1. The molecule has 0 saturated carbocycles. The summed E-state index contributed by atoms with van der Waals surface area (Å²) >= 11 is 0. The molecule has 0 fully saturated rings. The van der Waals surface area contributed by atoms with Crippen molar-refractivity contribution in [3.8, 4) is 0 Å². The first-order valence-electron chi connectivity index (χ1n) is 5.56. The van der Waals surface area contributed by atoms with Gasteiger partial charge >= 0.3 is 0 Å². The van der Waals surface area contributed by atoms with Crippen LogP contribution in [0.5, 0.6) is 0 Å². The Kier molecular flexibility index (Phi) is 5.29. The van der Waals surface area contributed by atoms with Gasteiger partial charge in [-0.05, 0) is 17.7 Å². The molecule has 6 heteroatoms. The summed E-state index contributed by atoms with van der Waals surface area (Å²) in [5.41, 5.74) is 0.595. The van der Waals surface area contributed by atoms with Crippen LogP contribution in [0, 0.1) is 0 Å². The maximum Gasteiger partial charge on any atom is 0.279 e. The van der Waals surface area contributed by atoms with E-state index in [2.05, 4.69) is 5.32 Å². The molecule has 0 aliphatic rings. The van der Waals surface area contributed by atoms with E-state index in [1.807, 2.05) is 0 Å². The second-order valence-corrected chi connectivity index (χ2v) is 4.02. The molecular weight excluding hydrogens is 236 g/mol. The Labute approximate surface area is 105 Å². The number of hydrogen-bond donors (Lipinski definition) is 3. The predicted octanol–water partition coefficient (Wildman–Crippen LogP) is -2.50. The zero-order chi connectivity index (χ0) is 13.5. The van der Waals surface area contributed by atoms with Crippen LogP contribution >= 0.6 is 0 Å². The quantitative estimate of drug-likeness (QED) is 0.521. The third-order valence-corrected chi connectivity index (χ3v) is 2.41. The van der Waals surface area contributed by atoms with Gasteiger partial charge in [-0.15, -0.1) is 0 Å². The van der Waals surface area contributed by atoms with Crippen LogP contribution in [0.25, 0.3) is 0 Å². The zero-order valence-electron chi connectivity index (χ0n) is 10.1. The van der Waals surface area contributed by atoms with E-state index in [1.54, 1.807) is 7.05 Å². The smallest absolute Gasteiger partial charge is 0.279 e. The fourth-order valence-electron chi connectivity index (χ4n) is 1.45. The Morgan fingerprint density at radius 2 is 1.94 bits per heavy atom. The molecule has 1 atom stereocenters. The van der Waals surface area contributed by atoms with E-state index in [4.69, 9.17) is 5.11 Å². The van der Waals surface area contributed by atoms with Gasteiger partial charge in [0, 0.05) is 5.69 Å². The Morgan fingerprint density at radius 3 is 2.44 bits per heavy atom. The van der Waals surface area contributed by atoms with Crippen LogP contribution in [0.4, 0.5) is 5.69 Å². The number of nitrogens with one attached hydrogen (secondary N) is 2. The standard InChI is InChI=1S/C12H16N2O4/c1-14(6-7-15)8-11(16)13-10-4-2-9(3-5-10)12(17)18/h2-5,15H,6-8H2,1H3,(H,13,16)(H,17,18). The van der Waals surface area contributed by atoms with E-state index in [1.165, 1.54) is 24.3 Å². The first-order valence-corrected chi connectivity index (χ1v) is 5.56. The van der Waals surface area contributed by atoms with E-state index in [9.17, 15) is 14.7 Å². The summed E-state index contributed by atoms with van der Waals surface area (Å²) < 4.78 is 0. The number of quaternary nitrogens is 1. The van der Waals surface area contributed by atoms with Gasteiger partial charge in [-0.25, -0.2) is 0 Å². The van der Waals surface area contributed by atoms with Gasteiger partial charge in [-0.1, -0.05) is 12.1 Å². The van der Waals surface area contributed by atoms with Gasteiger partial charge in [0.25, 0.3) is 5.91 Å². The molecule has 0 aliphatic carbocycles. The number of benzene rings is 1. The Morgan fingerprint density at radius 1 is 1.33 bits per heavy atom. The van der Waals surface area contributed by atoms with Crippen molar-refractivity contribution in [2.45, 2.75) is 0 Å². The molecule has 98 valence electrons. The number of rotatable bonds is 6. The van der Waals surface area contributed by atoms with Crippen LogP contribution in [-0.2, 0) is 4.79 Å². The van der Waals surface area contributed by atoms with Gasteiger partial charge < -0.3 is 25.2 Å². The molecule has 0 bridgehead atoms. The molecular formula is C12H16N2O4. The number of carbonyl (C=O) groups is 2. The van der Waals surface area contributed by atoms with Crippen LogP contribution in [0.1, 0.15) is 10.4 Å². The number of carboxylic acids is 1. The molecule has 0 radical (unpaired) electrons. The average molecular weight is 252 g/mol. The number of carbonyl (C=O) groups excluding carboxylic acids is 2. The molecule has 1 aromatic carbocycles. The molecule has 1 aromatic rings. The van der Waals surface area contributed by atoms with Gasteiger partial charge in [-0.2, -0.15) is 0 Å². The maximum absolute atomic E-state index is 11.6. The Balaban J connectivity index is 2.51. The summed E-state index contributed by atoms with van der Waals surface area (Å²) in [5, 5.41) is 21.9. The van der Waals surface area contributed by atoms with Crippen LogP contribution in [0.3, 0.4) is 0 Å². The molecule has 0 aromatic heterocycles. The summed E-state index contributed by atoms with van der Waals surface area (Å²) in [7, 11) is 1.80. The SMILES string of the molecule is C[NH+](CCO)CC(=O)Nc1ccc(C(=O)[O-])cc1. The Bertz CT molecular complexity index is 417. The first-order chi connectivity index (χ1) is 8.52. The molecule has 3 N–H and O–H groups in total. The van der Waals surface area contributed by atoms with Crippen molar-refractivity contribution in [3.05, 3.63) is 29.8 Å². The molecule has 0 spiro atoms. The topological polar surface area (TPSA) is 93.9 Å². The van der Waals surface area contributed by atoms with Crippen molar-refractivity contribution in [1.82, 2.24) is 0 Å². The average Bonchev–Trinajstić information content (AvgIpc) is 2.29. The number of likely N-dealkylation sites (N-methyl/N-ethyl adjacent to an activating group) is 1. The highest BCUT2D eigenvalue weighted by molar-refractivity contribution is 5.92. The minimum absolute atomic E-state index is 0.0272. The highest BCUT2D eigenvalue weighted by Crippen LogP contribution is 2.08. The number of aliphatic hydroxyl groups is 1. The normalized spacial score (nSPS) is 11.9. The number of hydrogen-bond acceptors (Lipinski definition) is 4. The predicted molar refractivity (Wildman–Crippen MR) is 63.1 cm³/mol. The van der Waals surface area contributed by atoms with E-state index < -0.39 is 5.97 Å². The van der Waals surface area contributed by atoms with Gasteiger partial charge in [-0.3, -0.25) is 4.79 Å². The van der Waals surface area contributed by atoms with Gasteiger partial charge in [0.1, 0.15) is 6.54 Å². The van der Waals surface area contributed by atoms with Crippen molar-refractivity contribution in [2.24, 2.45) is 0 Å². The lowest BCUT2D eigenvalue weighted by molar-refractivity contribution is -0.871. The van der Waals surface area contributed by atoms with Gasteiger partial charge in [0.05, 0.1) is 19.6 Å². The fraction of sp³-hybridized carbons (Fsp3) is 0.333. The maximum atomic E-state index is 11.6. The van der Waals surface area contributed by atoms with E-state index in [-0.39, 0.29) is 24.6 Å². The lowest BCUT2D eigenvalue weighted by Gasteiger charge is -2.12. The molecule has 0 aliphatic heterocycles. The number of aromatic carboxylic acids is 1. The molecule has 1 unspecified atom stereocenters. The van der Waals surface area contributed by atoms with Crippen molar-refractivity contribution in [1.29, 1.82) is 0 Å². The third-order valence-electron chi connectivity index (χ3n) is 2.41. The minimum atomic E-state index is -1.25. The van der Waals surface area contributed by atoms with Crippen molar-refractivity contribution < 1.29 is 24.7 Å². The zero-order valence-corrected chi connectivity index (χ0v) is 10.1. The number of amides is 1. The van der Waals surface area contributed by atoms with Crippen LogP contribution < -0.4 is 15.3 Å². The lowest BCUT2D eigenvalue weighted by Crippen LogP contribution is -3.10. The second-order valence-electron chi connectivity index (χ2n) is 4.02. The molecule has 18 heavy (non-hydrogen) atoms. The van der Waals surface area contributed by atoms with Crippen LogP contribution in [0.15, 0.2) is 24.3 Å². The van der Waals surface area contributed by atoms with Crippen LogP contribution in [-0.4, -0.2) is 43.7 Å². The van der Waals surface area contributed by atoms with E-state index >= 15 is 0 Å². The highest BCUT2D eigenvalue weighted by atomic mass is 16.4. The van der Waals surface area contributed by atoms with E-state index in [0.717, 1.165) is 4.90 Å². The largest absolute Gasteiger partial charge is 0.545 e. The number of carboxylic acid groups (broad SMARTS) is 1. The minimum Gasteiger partial charge on any atom is -0.545 e. The van der Waals surface area contributed by atoms with Crippen molar-refractivity contribution in [3.63, 3.8) is 0 Å². The van der Waals surface area contributed by atoms with Crippen molar-refractivity contribution >= 4 is 17.6 Å².